The summed E-state index contributed by atoms with van der Waals surface area (Å²) < 4.78 is 22.2. The first-order valence-corrected chi connectivity index (χ1v) is 13.2. The van der Waals surface area contributed by atoms with Gasteiger partial charge >= 0.3 is 17.9 Å². The van der Waals surface area contributed by atoms with Crippen LogP contribution in [0.15, 0.2) is 11.6 Å². The number of benzene rings is 1. The highest BCUT2D eigenvalue weighted by Crippen LogP contribution is 2.43. The Morgan fingerprint density at radius 3 is 2.43 bits per heavy atom. The summed E-state index contributed by atoms with van der Waals surface area (Å²) in [7, 11) is 1.56. The highest BCUT2D eigenvalue weighted by atomic mass is 16.6. The fourth-order valence-electron chi connectivity index (χ4n) is 4.59. The van der Waals surface area contributed by atoms with Crippen molar-refractivity contribution < 1.29 is 33.3 Å². The van der Waals surface area contributed by atoms with Gasteiger partial charge in [-0.15, -0.1) is 0 Å². The minimum absolute atomic E-state index is 0.117. The molecule has 0 N–H and O–H groups in total. The Kier molecular flexibility index (Phi) is 9.76. The molecule has 204 valence electrons. The van der Waals surface area contributed by atoms with Gasteiger partial charge in [0, 0.05) is 24.1 Å². The average molecular weight is 516 g/mol. The Hall–Kier alpha value is -2.87. The fraction of sp³-hybridized carbons (Fsp3) is 0.621. The standard InChI is InChI=1S/C29H41NO7/c1-19(11-13-23(31)35-17-16-30-14-8-7-9-15-30)10-12-21-25(34-6)20(2)22-18-36-27(32)24(22)26(21)37-28(33)29(3,4)5/h10H,7-9,11-18H2,1-6H3/b19-10+. The highest BCUT2D eigenvalue weighted by Gasteiger charge is 2.35. The molecular weight excluding hydrogens is 474 g/mol. The molecule has 37 heavy (non-hydrogen) atoms. The van der Waals surface area contributed by atoms with Crippen LogP contribution in [-0.2, 0) is 32.1 Å². The van der Waals surface area contributed by atoms with Gasteiger partial charge in [0.1, 0.15) is 24.5 Å². The van der Waals surface area contributed by atoms with Crippen LogP contribution in [-0.4, -0.2) is 56.2 Å². The number of fused-ring (bicyclic) bond motifs is 1. The van der Waals surface area contributed by atoms with Crippen LogP contribution in [0.3, 0.4) is 0 Å². The number of piperidine rings is 1. The highest BCUT2D eigenvalue weighted by molar-refractivity contribution is 5.99. The number of methoxy groups -OCH3 is 1. The number of ether oxygens (including phenoxy) is 4. The predicted octanol–water partition coefficient (Wildman–Crippen LogP) is 4.92. The van der Waals surface area contributed by atoms with E-state index in [1.165, 1.54) is 19.3 Å². The molecule has 0 saturated carbocycles. The number of allylic oxidation sites excluding steroid dienone is 2. The van der Waals surface area contributed by atoms with E-state index in [4.69, 9.17) is 18.9 Å². The third kappa shape index (κ3) is 7.34. The van der Waals surface area contributed by atoms with Crippen molar-refractivity contribution >= 4 is 17.9 Å². The van der Waals surface area contributed by atoms with Gasteiger partial charge < -0.3 is 18.9 Å². The summed E-state index contributed by atoms with van der Waals surface area (Å²) >= 11 is 0. The number of nitrogens with zero attached hydrogens (tertiary/aromatic N) is 1. The Bertz CT molecular complexity index is 1050. The van der Waals surface area contributed by atoms with Crippen LogP contribution in [0.25, 0.3) is 0 Å². The number of hydrogen-bond acceptors (Lipinski definition) is 8. The van der Waals surface area contributed by atoms with Crippen LogP contribution in [0, 0.1) is 12.3 Å². The molecule has 2 heterocycles. The van der Waals surface area contributed by atoms with Gasteiger partial charge in [-0.25, -0.2) is 4.79 Å². The van der Waals surface area contributed by atoms with Crippen LogP contribution in [0.1, 0.15) is 86.8 Å². The Morgan fingerprint density at radius 2 is 1.78 bits per heavy atom. The lowest BCUT2D eigenvalue weighted by molar-refractivity contribution is -0.144. The molecule has 0 amide bonds. The second-order valence-corrected chi connectivity index (χ2v) is 10.9. The van der Waals surface area contributed by atoms with Crippen molar-refractivity contribution in [3.05, 3.63) is 33.9 Å². The Balaban J connectivity index is 1.71. The van der Waals surface area contributed by atoms with Gasteiger partial charge in [0.15, 0.2) is 5.75 Å². The third-order valence-electron chi connectivity index (χ3n) is 6.93. The SMILES string of the molecule is COc1c(C)c2c(c(OC(=O)C(C)(C)C)c1C/C=C(\C)CCC(=O)OCCN1CCCCC1)C(=O)OC2. The molecule has 8 nitrogen and oxygen atoms in total. The zero-order valence-corrected chi connectivity index (χ0v) is 23.2. The van der Waals surface area contributed by atoms with Crippen molar-refractivity contribution in [2.75, 3.05) is 33.4 Å². The van der Waals surface area contributed by atoms with E-state index >= 15 is 0 Å². The number of rotatable bonds is 10. The van der Waals surface area contributed by atoms with Gasteiger partial charge in [-0.1, -0.05) is 18.1 Å². The lowest BCUT2D eigenvalue weighted by atomic mass is 9.93. The second-order valence-electron chi connectivity index (χ2n) is 10.9. The molecule has 3 rings (SSSR count). The van der Waals surface area contributed by atoms with Gasteiger partial charge in [0.05, 0.1) is 12.5 Å². The number of carbonyl (C=O) groups is 3. The monoisotopic (exact) mass is 515 g/mol. The van der Waals surface area contributed by atoms with Crippen LogP contribution in [0.2, 0.25) is 0 Å². The van der Waals surface area contributed by atoms with E-state index in [1.54, 1.807) is 27.9 Å². The minimum Gasteiger partial charge on any atom is -0.496 e. The van der Waals surface area contributed by atoms with Crippen molar-refractivity contribution in [3.63, 3.8) is 0 Å². The smallest absolute Gasteiger partial charge is 0.342 e. The molecule has 1 aromatic carbocycles. The quantitative estimate of drug-likeness (QED) is 0.246. The second kappa shape index (κ2) is 12.6. The molecule has 0 radical (unpaired) electrons. The van der Waals surface area contributed by atoms with E-state index in [0.29, 0.717) is 42.7 Å². The van der Waals surface area contributed by atoms with Gasteiger partial charge in [-0.2, -0.15) is 0 Å². The van der Waals surface area contributed by atoms with Gasteiger partial charge in [-0.3, -0.25) is 14.5 Å². The molecule has 8 heteroatoms. The zero-order valence-electron chi connectivity index (χ0n) is 23.2. The van der Waals surface area contributed by atoms with Gasteiger partial charge in [0.2, 0.25) is 0 Å². The van der Waals surface area contributed by atoms with Crippen molar-refractivity contribution in [1.82, 2.24) is 4.90 Å². The molecule has 0 spiro atoms. The van der Waals surface area contributed by atoms with Crippen LogP contribution < -0.4 is 9.47 Å². The number of esters is 3. The lowest BCUT2D eigenvalue weighted by Crippen LogP contribution is -2.33. The molecule has 0 bridgehead atoms. The normalized spacial score (nSPS) is 16.3. The summed E-state index contributed by atoms with van der Waals surface area (Å²) in [5.41, 5.74) is 2.59. The predicted molar refractivity (Wildman–Crippen MR) is 140 cm³/mol. The fourth-order valence-corrected chi connectivity index (χ4v) is 4.59. The van der Waals surface area contributed by atoms with Crippen LogP contribution in [0.4, 0.5) is 0 Å². The van der Waals surface area contributed by atoms with E-state index in [1.807, 2.05) is 19.9 Å². The van der Waals surface area contributed by atoms with E-state index in [2.05, 4.69) is 4.90 Å². The largest absolute Gasteiger partial charge is 0.496 e. The maximum Gasteiger partial charge on any atom is 0.342 e. The molecule has 2 aliphatic heterocycles. The maximum atomic E-state index is 12.8. The molecular formula is C29H41NO7. The lowest BCUT2D eigenvalue weighted by Gasteiger charge is -2.25. The zero-order chi connectivity index (χ0) is 27.2. The van der Waals surface area contributed by atoms with Crippen molar-refractivity contribution in [2.45, 2.75) is 79.8 Å². The first kappa shape index (κ1) is 28.7. The molecule has 1 fully saturated rings. The third-order valence-corrected chi connectivity index (χ3v) is 6.93. The first-order valence-electron chi connectivity index (χ1n) is 13.2. The summed E-state index contributed by atoms with van der Waals surface area (Å²) in [5, 5.41) is 0. The van der Waals surface area contributed by atoms with Crippen LogP contribution in [0.5, 0.6) is 11.5 Å². The number of likely N-dealkylation sites (tertiary alicyclic amines) is 1. The topological polar surface area (TPSA) is 91.4 Å². The number of cyclic esters (lactones) is 1. The summed E-state index contributed by atoms with van der Waals surface area (Å²) in [5.74, 6) is -0.407. The number of carbonyl (C=O) groups excluding carboxylic acids is 3. The summed E-state index contributed by atoms with van der Waals surface area (Å²) in [4.78, 5) is 40.0. The molecule has 1 saturated heterocycles. The number of hydrogen-bond donors (Lipinski definition) is 0. The molecule has 1 aromatic rings. The Labute approximate surface area is 220 Å². The summed E-state index contributed by atoms with van der Waals surface area (Å²) in [6.07, 6.45) is 6.89. The molecule has 2 aliphatic rings. The van der Waals surface area contributed by atoms with Crippen LogP contribution >= 0.6 is 0 Å². The van der Waals surface area contributed by atoms with Crippen molar-refractivity contribution in [2.24, 2.45) is 5.41 Å². The van der Waals surface area contributed by atoms with E-state index in [9.17, 15) is 14.4 Å². The first-order chi connectivity index (χ1) is 17.5. The average Bonchev–Trinajstić information content (AvgIpc) is 3.25. The van der Waals surface area contributed by atoms with Gasteiger partial charge in [0.25, 0.3) is 0 Å². The van der Waals surface area contributed by atoms with E-state index in [0.717, 1.165) is 30.8 Å². The minimum atomic E-state index is -0.759. The van der Waals surface area contributed by atoms with E-state index < -0.39 is 17.4 Å². The van der Waals surface area contributed by atoms with Gasteiger partial charge in [-0.05, 0) is 79.0 Å². The summed E-state index contributed by atoms with van der Waals surface area (Å²) in [6, 6.07) is 0. The molecule has 0 aliphatic carbocycles. The Morgan fingerprint density at radius 1 is 1.08 bits per heavy atom. The molecule has 0 aromatic heterocycles. The van der Waals surface area contributed by atoms with Crippen molar-refractivity contribution in [3.8, 4) is 11.5 Å². The maximum absolute atomic E-state index is 12.8. The molecule has 0 atom stereocenters. The molecule has 0 unspecified atom stereocenters. The summed E-state index contributed by atoms with van der Waals surface area (Å²) in [6.45, 7) is 12.6. The van der Waals surface area contributed by atoms with Crippen molar-refractivity contribution in [1.29, 1.82) is 0 Å². The van der Waals surface area contributed by atoms with E-state index in [-0.39, 0.29) is 23.9 Å².